The van der Waals surface area contributed by atoms with Gasteiger partial charge in [-0.15, -0.1) is 0 Å². The second-order valence-corrected chi connectivity index (χ2v) is 7.06. The number of likely N-dealkylation sites (tertiary alicyclic amines) is 2. The Labute approximate surface area is 148 Å². The largest absolute Gasteiger partial charge is 0.369 e. The number of amides is 3. The van der Waals surface area contributed by atoms with Gasteiger partial charge in [0.25, 0.3) is 0 Å². The number of carbonyl (C=O) groups excluding carboxylic acids is 3. The van der Waals surface area contributed by atoms with Crippen molar-refractivity contribution in [1.82, 2.24) is 9.80 Å². The lowest BCUT2D eigenvalue weighted by Gasteiger charge is -2.33. The van der Waals surface area contributed by atoms with Crippen LogP contribution in [-0.4, -0.2) is 47.2 Å². The van der Waals surface area contributed by atoms with Gasteiger partial charge in [0.05, 0.1) is 17.9 Å². The highest BCUT2D eigenvalue weighted by Gasteiger charge is 2.40. The molecule has 6 heteroatoms. The molecule has 0 aromatic heterocycles. The molecule has 2 aliphatic rings. The molecule has 134 valence electrons. The predicted octanol–water partition coefficient (Wildman–Crippen LogP) is 1.32. The summed E-state index contributed by atoms with van der Waals surface area (Å²) in [6.07, 6.45) is 1.76. The highest BCUT2D eigenvalue weighted by molar-refractivity contribution is 5.90. The van der Waals surface area contributed by atoms with Crippen LogP contribution in [0.4, 0.5) is 0 Å². The van der Waals surface area contributed by atoms with Crippen molar-refractivity contribution >= 4 is 17.7 Å². The molecular formula is C19H25N3O3. The van der Waals surface area contributed by atoms with Crippen LogP contribution in [-0.2, 0) is 14.4 Å². The predicted molar refractivity (Wildman–Crippen MR) is 93.2 cm³/mol. The molecule has 2 heterocycles. The van der Waals surface area contributed by atoms with E-state index in [4.69, 9.17) is 5.73 Å². The number of primary amides is 1. The zero-order chi connectivity index (χ0) is 18.0. The third-order valence-electron chi connectivity index (χ3n) is 5.39. The molecule has 0 bridgehead atoms. The molecule has 2 fully saturated rings. The van der Waals surface area contributed by atoms with Crippen molar-refractivity contribution < 1.29 is 14.4 Å². The Balaban J connectivity index is 1.65. The molecule has 3 rings (SSSR count). The zero-order valence-electron chi connectivity index (χ0n) is 14.6. The van der Waals surface area contributed by atoms with Crippen LogP contribution in [0.5, 0.6) is 0 Å². The second kappa shape index (κ2) is 7.25. The molecule has 6 nitrogen and oxygen atoms in total. The summed E-state index contributed by atoms with van der Waals surface area (Å²) >= 11 is 0. The summed E-state index contributed by atoms with van der Waals surface area (Å²) in [7, 11) is 0. The molecule has 0 spiro atoms. The van der Waals surface area contributed by atoms with Gasteiger partial charge in [-0.1, -0.05) is 30.3 Å². The Morgan fingerprint density at radius 3 is 2.56 bits per heavy atom. The highest BCUT2D eigenvalue weighted by Crippen LogP contribution is 2.30. The Kier molecular flexibility index (Phi) is 5.06. The van der Waals surface area contributed by atoms with Crippen molar-refractivity contribution in [1.29, 1.82) is 0 Å². The maximum Gasteiger partial charge on any atom is 0.228 e. The number of piperidine rings is 1. The van der Waals surface area contributed by atoms with E-state index in [9.17, 15) is 14.4 Å². The van der Waals surface area contributed by atoms with Crippen LogP contribution in [0.25, 0.3) is 0 Å². The summed E-state index contributed by atoms with van der Waals surface area (Å²) in [4.78, 5) is 40.2. The lowest BCUT2D eigenvalue weighted by Crippen LogP contribution is -2.46. The molecule has 2 N–H and O–H groups in total. The summed E-state index contributed by atoms with van der Waals surface area (Å²) in [6, 6.07) is 9.79. The van der Waals surface area contributed by atoms with Crippen molar-refractivity contribution in [3.8, 4) is 0 Å². The maximum atomic E-state index is 12.8. The van der Waals surface area contributed by atoms with E-state index in [1.165, 1.54) is 0 Å². The summed E-state index contributed by atoms with van der Waals surface area (Å²) in [6.45, 7) is 3.45. The van der Waals surface area contributed by atoms with Crippen LogP contribution < -0.4 is 5.73 Å². The van der Waals surface area contributed by atoms with Crippen molar-refractivity contribution in [3.05, 3.63) is 35.9 Å². The molecule has 1 aromatic carbocycles. The monoisotopic (exact) mass is 343 g/mol. The first kappa shape index (κ1) is 17.5. The Bertz CT molecular complexity index is 661. The van der Waals surface area contributed by atoms with E-state index in [-0.39, 0.29) is 42.0 Å². The molecule has 2 saturated heterocycles. The van der Waals surface area contributed by atoms with E-state index in [1.54, 1.807) is 9.80 Å². The van der Waals surface area contributed by atoms with Gasteiger partial charge in [0.1, 0.15) is 0 Å². The Morgan fingerprint density at radius 1 is 1.16 bits per heavy atom. The van der Waals surface area contributed by atoms with E-state index in [0.29, 0.717) is 19.6 Å². The summed E-state index contributed by atoms with van der Waals surface area (Å²) in [5.41, 5.74) is 6.46. The van der Waals surface area contributed by atoms with Crippen molar-refractivity contribution in [2.45, 2.75) is 32.2 Å². The highest BCUT2D eigenvalue weighted by atomic mass is 16.2. The van der Waals surface area contributed by atoms with Crippen molar-refractivity contribution in [2.24, 2.45) is 17.6 Å². The first-order valence-corrected chi connectivity index (χ1v) is 8.90. The van der Waals surface area contributed by atoms with Gasteiger partial charge < -0.3 is 15.5 Å². The van der Waals surface area contributed by atoms with E-state index < -0.39 is 0 Å². The summed E-state index contributed by atoms with van der Waals surface area (Å²) in [5, 5.41) is 0. The molecule has 0 saturated carbocycles. The quantitative estimate of drug-likeness (QED) is 0.895. The minimum absolute atomic E-state index is 0.0122. The first-order chi connectivity index (χ1) is 12.0. The fourth-order valence-electron chi connectivity index (χ4n) is 3.85. The summed E-state index contributed by atoms with van der Waals surface area (Å²) in [5.74, 6) is -0.959. The van der Waals surface area contributed by atoms with Gasteiger partial charge in [0.15, 0.2) is 0 Å². The zero-order valence-corrected chi connectivity index (χ0v) is 14.6. The smallest absolute Gasteiger partial charge is 0.228 e. The third kappa shape index (κ3) is 3.67. The summed E-state index contributed by atoms with van der Waals surface area (Å²) < 4.78 is 0. The number of hydrogen-bond donors (Lipinski definition) is 1. The topological polar surface area (TPSA) is 83.7 Å². The number of nitrogens with zero attached hydrogens (tertiary/aromatic N) is 2. The van der Waals surface area contributed by atoms with E-state index in [2.05, 4.69) is 0 Å². The van der Waals surface area contributed by atoms with Gasteiger partial charge in [0, 0.05) is 26.1 Å². The Hall–Kier alpha value is -2.37. The molecule has 0 radical (unpaired) electrons. The van der Waals surface area contributed by atoms with Crippen LogP contribution in [0.1, 0.15) is 37.8 Å². The molecular weight excluding hydrogens is 318 g/mol. The number of carbonyl (C=O) groups is 3. The lowest BCUT2D eigenvalue weighted by molar-refractivity contribution is -0.139. The maximum absolute atomic E-state index is 12.8. The van der Waals surface area contributed by atoms with E-state index in [0.717, 1.165) is 18.4 Å². The average Bonchev–Trinajstić information content (AvgIpc) is 3.03. The molecule has 2 aliphatic heterocycles. The Morgan fingerprint density at radius 2 is 1.88 bits per heavy atom. The molecule has 3 amide bonds. The standard InChI is InChI=1S/C19H25N3O3/c1-13(14-6-3-2-4-7-14)22-12-16(10-17(22)23)19(25)21-9-5-8-15(11-21)18(20)24/h2-4,6-7,13,15-16H,5,8-12H2,1H3,(H2,20,24)/t13-,15-,16+/m1/s1. The molecule has 0 aliphatic carbocycles. The lowest BCUT2D eigenvalue weighted by atomic mass is 9.96. The van der Waals surface area contributed by atoms with Gasteiger partial charge in [-0.2, -0.15) is 0 Å². The third-order valence-corrected chi connectivity index (χ3v) is 5.39. The molecule has 1 aromatic rings. The molecule has 0 unspecified atom stereocenters. The van der Waals surface area contributed by atoms with Crippen LogP contribution in [0, 0.1) is 11.8 Å². The van der Waals surface area contributed by atoms with Gasteiger partial charge >= 0.3 is 0 Å². The van der Waals surface area contributed by atoms with Gasteiger partial charge in [-0.3, -0.25) is 14.4 Å². The van der Waals surface area contributed by atoms with Crippen LogP contribution in [0.15, 0.2) is 30.3 Å². The number of hydrogen-bond acceptors (Lipinski definition) is 3. The second-order valence-electron chi connectivity index (χ2n) is 7.06. The van der Waals surface area contributed by atoms with E-state index >= 15 is 0 Å². The molecule has 25 heavy (non-hydrogen) atoms. The number of rotatable bonds is 4. The van der Waals surface area contributed by atoms with Crippen LogP contribution >= 0.6 is 0 Å². The van der Waals surface area contributed by atoms with Gasteiger partial charge in [0.2, 0.25) is 17.7 Å². The van der Waals surface area contributed by atoms with Gasteiger partial charge in [-0.05, 0) is 25.3 Å². The number of nitrogens with two attached hydrogens (primary N) is 1. The molecule has 3 atom stereocenters. The van der Waals surface area contributed by atoms with Crippen LogP contribution in [0.2, 0.25) is 0 Å². The van der Waals surface area contributed by atoms with Crippen LogP contribution in [0.3, 0.4) is 0 Å². The van der Waals surface area contributed by atoms with Gasteiger partial charge in [-0.25, -0.2) is 0 Å². The SMILES string of the molecule is C[C@H](c1ccccc1)N1C[C@@H](C(=O)N2CCC[C@@H](C(N)=O)C2)CC1=O. The minimum atomic E-state index is -0.348. The van der Waals surface area contributed by atoms with Crippen molar-refractivity contribution in [3.63, 3.8) is 0 Å². The first-order valence-electron chi connectivity index (χ1n) is 8.90. The minimum Gasteiger partial charge on any atom is -0.369 e. The fraction of sp³-hybridized carbons (Fsp3) is 0.526. The van der Waals surface area contributed by atoms with Crippen molar-refractivity contribution in [2.75, 3.05) is 19.6 Å². The number of benzene rings is 1. The van der Waals surface area contributed by atoms with E-state index in [1.807, 2.05) is 37.3 Å². The fourth-order valence-corrected chi connectivity index (χ4v) is 3.85. The normalized spacial score (nSPS) is 25.1. The average molecular weight is 343 g/mol.